The van der Waals surface area contributed by atoms with E-state index < -0.39 is 5.97 Å². The SMILES string of the molecule is CCCCCCCCCCc1cnc(C(=O)O)cc1-c1ccccc1C[C@@H](C)CC. The summed E-state index contributed by atoms with van der Waals surface area (Å²) in [5.74, 6) is -0.364. The zero-order chi connectivity index (χ0) is 21.8. The van der Waals surface area contributed by atoms with Gasteiger partial charge in [0.2, 0.25) is 0 Å². The average Bonchev–Trinajstić information content (AvgIpc) is 2.76. The molecule has 1 aromatic heterocycles. The Bertz CT molecular complexity index is 784. The number of hydrogen-bond donors (Lipinski definition) is 1. The molecule has 0 aliphatic rings. The van der Waals surface area contributed by atoms with Crippen molar-refractivity contribution in [2.75, 3.05) is 0 Å². The van der Waals surface area contributed by atoms with Gasteiger partial charge in [-0.1, -0.05) is 96.4 Å². The van der Waals surface area contributed by atoms with Gasteiger partial charge in [0.15, 0.2) is 0 Å². The van der Waals surface area contributed by atoms with E-state index in [4.69, 9.17) is 0 Å². The number of carboxylic acid groups (broad SMARTS) is 1. The van der Waals surface area contributed by atoms with Crippen LogP contribution < -0.4 is 0 Å². The molecule has 0 aliphatic carbocycles. The van der Waals surface area contributed by atoms with Gasteiger partial charge in [0, 0.05) is 6.20 Å². The van der Waals surface area contributed by atoms with E-state index in [0.717, 1.165) is 36.8 Å². The van der Waals surface area contributed by atoms with Gasteiger partial charge >= 0.3 is 5.97 Å². The third kappa shape index (κ3) is 7.59. The molecule has 1 N–H and O–H groups in total. The molecule has 0 saturated carbocycles. The zero-order valence-electron chi connectivity index (χ0n) is 19.1. The maximum absolute atomic E-state index is 11.5. The van der Waals surface area contributed by atoms with Gasteiger partial charge in [-0.05, 0) is 53.5 Å². The Kier molecular flexibility index (Phi) is 10.6. The third-order valence-corrected chi connectivity index (χ3v) is 6.08. The smallest absolute Gasteiger partial charge is 0.354 e. The Balaban J connectivity index is 2.14. The first-order valence-electron chi connectivity index (χ1n) is 11.9. The van der Waals surface area contributed by atoms with E-state index in [-0.39, 0.29) is 5.69 Å². The highest BCUT2D eigenvalue weighted by molar-refractivity contribution is 5.88. The molecular weight excluding hydrogens is 370 g/mol. The van der Waals surface area contributed by atoms with Crippen LogP contribution in [0.25, 0.3) is 11.1 Å². The topological polar surface area (TPSA) is 50.2 Å². The number of unbranched alkanes of at least 4 members (excludes halogenated alkanes) is 7. The van der Waals surface area contributed by atoms with Crippen molar-refractivity contribution in [3.63, 3.8) is 0 Å². The number of carboxylic acids is 1. The second kappa shape index (κ2) is 13.2. The van der Waals surface area contributed by atoms with E-state index in [1.807, 2.05) is 0 Å². The average molecular weight is 410 g/mol. The normalized spacial score (nSPS) is 12.1. The molecule has 1 heterocycles. The second-order valence-electron chi connectivity index (χ2n) is 8.63. The van der Waals surface area contributed by atoms with Crippen molar-refractivity contribution in [3.8, 4) is 11.1 Å². The molecule has 0 aliphatic heterocycles. The minimum atomic E-state index is -0.964. The highest BCUT2D eigenvalue weighted by Gasteiger charge is 2.15. The standard InChI is InChI=1S/C27H39NO2/c1-4-6-7-8-9-10-11-12-16-23-20-28-26(27(29)30)19-25(23)24-17-14-13-15-22(24)18-21(3)5-2/h13-15,17,19-21H,4-12,16,18H2,1-3H3,(H,29,30)/t21-/m0/s1. The molecule has 164 valence electrons. The molecule has 0 amide bonds. The first-order valence-corrected chi connectivity index (χ1v) is 11.9. The molecule has 0 saturated heterocycles. The number of nitrogens with zero attached hydrogens (tertiary/aromatic N) is 1. The van der Waals surface area contributed by atoms with Crippen molar-refractivity contribution in [3.05, 3.63) is 53.3 Å². The molecule has 3 heteroatoms. The molecule has 2 rings (SSSR count). The lowest BCUT2D eigenvalue weighted by atomic mass is 9.89. The first-order chi connectivity index (χ1) is 14.6. The summed E-state index contributed by atoms with van der Waals surface area (Å²) < 4.78 is 0. The van der Waals surface area contributed by atoms with Crippen LogP contribution in [0.15, 0.2) is 36.5 Å². The Morgan fingerprint density at radius 3 is 2.27 bits per heavy atom. The number of pyridine rings is 1. The molecule has 1 aromatic carbocycles. The van der Waals surface area contributed by atoms with Crippen LogP contribution in [0, 0.1) is 5.92 Å². The van der Waals surface area contributed by atoms with Gasteiger partial charge < -0.3 is 5.11 Å². The second-order valence-corrected chi connectivity index (χ2v) is 8.63. The molecule has 1 atom stereocenters. The Morgan fingerprint density at radius 2 is 1.60 bits per heavy atom. The van der Waals surface area contributed by atoms with Crippen LogP contribution in [0.3, 0.4) is 0 Å². The number of aryl methyl sites for hydroxylation is 1. The van der Waals surface area contributed by atoms with E-state index in [2.05, 4.69) is 50.0 Å². The van der Waals surface area contributed by atoms with Crippen LogP contribution in [0.5, 0.6) is 0 Å². The van der Waals surface area contributed by atoms with Crippen molar-refractivity contribution >= 4 is 5.97 Å². The lowest BCUT2D eigenvalue weighted by Gasteiger charge is -2.17. The number of aromatic nitrogens is 1. The summed E-state index contributed by atoms with van der Waals surface area (Å²) in [6.07, 6.45) is 15.2. The van der Waals surface area contributed by atoms with Crippen molar-refractivity contribution in [2.45, 2.75) is 91.4 Å². The molecular formula is C27H39NO2. The fraction of sp³-hybridized carbons (Fsp3) is 0.556. The minimum Gasteiger partial charge on any atom is -0.477 e. The van der Waals surface area contributed by atoms with Gasteiger partial charge in [-0.15, -0.1) is 0 Å². The molecule has 0 unspecified atom stereocenters. The number of rotatable bonds is 14. The lowest BCUT2D eigenvalue weighted by Crippen LogP contribution is -2.05. The number of carbonyl (C=O) groups is 1. The summed E-state index contributed by atoms with van der Waals surface area (Å²) >= 11 is 0. The van der Waals surface area contributed by atoms with Crippen molar-refractivity contribution in [1.29, 1.82) is 0 Å². The maximum Gasteiger partial charge on any atom is 0.354 e. The zero-order valence-corrected chi connectivity index (χ0v) is 19.1. The molecule has 3 nitrogen and oxygen atoms in total. The third-order valence-electron chi connectivity index (χ3n) is 6.08. The van der Waals surface area contributed by atoms with Gasteiger partial charge in [-0.3, -0.25) is 0 Å². The Labute approximate surface area is 183 Å². The van der Waals surface area contributed by atoms with E-state index in [9.17, 15) is 9.90 Å². The quantitative estimate of drug-likeness (QED) is 0.325. The highest BCUT2D eigenvalue weighted by atomic mass is 16.4. The Hall–Kier alpha value is -2.16. The van der Waals surface area contributed by atoms with Gasteiger partial charge in [0.05, 0.1) is 0 Å². The van der Waals surface area contributed by atoms with Crippen LogP contribution in [0.2, 0.25) is 0 Å². The summed E-state index contributed by atoms with van der Waals surface area (Å²) in [7, 11) is 0. The van der Waals surface area contributed by atoms with Gasteiger partial charge in [-0.25, -0.2) is 9.78 Å². The minimum absolute atomic E-state index is 0.128. The van der Waals surface area contributed by atoms with Crippen LogP contribution in [-0.2, 0) is 12.8 Å². The molecule has 0 bridgehead atoms. The number of benzene rings is 1. The molecule has 0 fully saturated rings. The molecule has 2 aromatic rings. The van der Waals surface area contributed by atoms with Crippen molar-refractivity contribution < 1.29 is 9.90 Å². The predicted octanol–water partition coefficient (Wildman–Crippen LogP) is 7.72. The van der Waals surface area contributed by atoms with Gasteiger partial charge in [-0.2, -0.15) is 0 Å². The molecule has 0 spiro atoms. The summed E-state index contributed by atoms with van der Waals surface area (Å²) in [6.45, 7) is 6.74. The predicted molar refractivity (Wildman–Crippen MR) is 126 cm³/mol. The summed E-state index contributed by atoms with van der Waals surface area (Å²) in [5.41, 5.74) is 4.80. The Morgan fingerprint density at radius 1 is 0.933 bits per heavy atom. The highest BCUT2D eigenvalue weighted by Crippen LogP contribution is 2.30. The first kappa shape index (κ1) is 24.1. The van der Waals surface area contributed by atoms with Crippen LogP contribution in [0.1, 0.15) is 100 Å². The van der Waals surface area contributed by atoms with Gasteiger partial charge in [0.1, 0.15) is 5.69 Å². The maximum atomic E-state index is 11.5. The monoisotopic (exact) mass is 409 g/mol. The van der Waals surface area contributed by atoms with Crippen LogP contribution in [0.4, 0.5) is 0 Å². The largest absolute Gasteiger partial charge is 0.477 e. The molecule has 0 radical (unpaired) electrons. The van der Waals surface area contributed by atoms with Crippen molar-refractivity contribution in [2.24, 2.45) is 5.92 Å². The van der Waals surface area contributed by atoms with E-state index in [0.29, 0.717) is 5.92 Å². The lowest BCUT2D eigenvalue weighted by molar-refractivity contribution is 0.0690. The fourth-order valence-electron chi connectivity index (χ4n) is 3.98. The molecule has 30 heavy (non-hydrogen) atoms. The summed E-state index contributed by atoms with van der Waals surface area (Å²) in [5, 5.41) is 9.47. The van der Waals surface area contributed by atoms with E-state index >= 15 is 0 Å². The number of aromatic carboxylic acids is 1. The van der Waals surface area contributed by atoms with E-state index in [1.165, 1.54) is 56.1 Å². The van der Waals surface area contributed by atoms with Crippen molar-refractivity contribution in [1.82, 2.24) is 4.98 Å². The van der Waals surface area contributed by atoms with Gasteiger partial charge in [0.25, 0.3) is 0 Å². The van der Waals surface area contributed by atoms with E-state index in [1.54, 1.807) is 12.3 Å². The number of hydrogen-bond acceptors (Lipinski definition) is 2. The summed E-state index contributed by atoms with van der Waals surface area (Å²) in [4.78, 5) is 15.8. The van der Waals surface area contributed by atoms with Crippen LogP contribution >= 0.6 is 0 Å². The summed E-state index contributed by atoms with van der Waals surface area (Å²) in [6, 6.07) is 10.2. The van der Waals surface area contributed by atoms with Crippen LogP contribution in [-0.4, -0.2) is 16.1 Å². The fourth-order valence-corrected chi connectivity index (χ4v) is 3.98.